The van der Waals surface area contributed by atoms with E-state index in [1.165, 1.54) is 37.1 Å². The first-order valence-electron chi connectivity index (χ1n) is 6.49. The van der Waals surface area contributed by atoms with E-state index in [2.05, 4.69) is 16.9 Å². The average molecular weight is 271 g/mol. The molecule has 0 saturated heterocycles. The van der Waals surface area contributed by atoms with E-state index in [4.69, 9.17) is 11.6 Å². The fourth-order valence-corrected chi connectivity index (χ4v) is 4.75. The largest absolute Gasteiger partial charge is 0.301 e. The fraction of sp³-hybridized carbons (Fsp3) is 0.769. The molecular weight excluding hydrogens is 252 g/mol. The molecule has 0 amide bonds. The second kappa shape index (κ2) is 4.87. The second-order valence-corrected chi connectivity index (χ2v) is 7.41. The summed E-state index contributed by atoms with van der Waals surface area (Å²) in [6.45, 7) is 2.24. The minimum atomic E-state index is 0.660. The average Bonchev–Trinajstić information content (AvgIpc) is 2.95. The van der Waals surface area contributed by atoms with Crippen LogP contribution in [-0.2, 0) is 6.54 Å². The molecule has 2 aliphatic carbocycles. The maximum atomic E-state index is 5.85. The first-order chi connectivity index (χ1) is 8.20. The third kappa shape index (κ3) is 2.67. The summed E-state index contributed by atoms with van der Waals surface area (Å²) in [4.78, 5) is 7.82. The zero-order chi connectivity index (χ0) is 11.8. The SMILES string of the molecule is CN(Cc1cnc(Cl)s1)CC1CC2CCC1C2. The normalized spacial score (nSPS) is 31.6. The van der Waals surface area contributed by atoms with E-state index >= 15 is 0 Å². The smallest absolute Gasteiger partial charge is 0.183 e. The summed E-state index contributed by atoms with van der Waals surface area (Å²) < 4.78 is 0.660. The van der Waals surface area contributed by atoms with Crippen LogP contribution in [0.4, 0.5) is 0 Å². The Hall–Kier alpha value is -0.120. The van der Waals surface area contributed by atoms with Crippen LogP contribution in [-0.4, -0.2) is 23.5 Å². The second-order valence-electron chi connectivity index (χ2n) is 5.71. The summed E-state index contributed by atoms with van der Waals surface area (Å²) >= 11 is 7.46. The molecule has 3 unspecified atom stereocenters. The van der Waals surface area contributed by atoms with Crippen molar-refractivity contribution in [2.24, 2.45) is 17.8 Å². The molecule has 3 atom stereocenters. The van der Waals surface area contributed by atoms with Gasteiger partial charge < -0.3 is 4.90 Å². The number of rotatable bonds is 4. The number of nitrogens with zero attached hydrogens (tertiary/aromatic N) is 2. The van der Waals surface area contributed by atoms with Crippen LogP contribution in [0.5, 0.6) is 0 Å². The van der Waals surface area contributed by atoms with Crippen LogP contribution in [0.2, 0.25) is 4.47 Å². The molecule has 94 valence electrons. The van der Waals surface area contributed by atoms with E-state index in [-0.39, 0.29) is 0 Å². The van der Waals surface area contributed by atoms with Crippen molar-refractivity contribution in [3.05, 3.63) is 15.5 Å². The van der Waals surface area contributed by atoms with E-state index in [1.54, 1.807) is 11.3 Å². The minimum Gasteiger partial charge on any atom is -0.301 e. The van der Waals surface area contributed by atoms with Gasteiger partial charge in [0.25, 0.3) is 0 Å². The predicted octanol–water partition coefficient (Wildman–Crippen LogP) is 3.66. The van der Waals surface area contributed by atoms with Crippen LogP contribution >= 0.6 is 22.9 Å². The summed E-state index contributed by atoms with van der Waals surface area (Å²) in [7, 11) is 2.22. The van der Waals surface area contributed by atoms with Crippen molar-refractivity contribution in [1.82, 2.24) is 9.88 Å². The molecule has 1 aromatic heterocycles. The summed E-state index contributed by atoms with van der Waals surface area (Å²) in [6.07, 6.45) is 7.86. The van der Waals surface area contributed by atoms with Crippen LogP contribution in [0.25, 0.3) is 0 Å². The van der Waals surface area contributed by atoms with Crippen molar-refractivity contribution in [3.63, 3.8) is 0 Å². The molecule has 2 saturated carbocycles. The molecule has 0 radical (unpaired) electrons. The van der Waals surface area contributed by atoms with Gasteiger partial charge in [-0.2, -0.15) is 0 Å². The van der Waals surface area contributed by atoms with Gasteiger partial charge >= 0.3 is 0 Å². The van der Waals surface area contributed by atoms with E-state index < -0.39 is 0 Å². The minimum absolute atomic E-state index is 0.660. The number of halogens is 1. The highest BCUT2D eigenvalue weighted by Gasteiger charge is 2.39. The van der Waals surface area contributed by atoms with Crippen LogP contribution < -0.4 is 0 Å². The summed E-state index contributed by atoms with van der Waals surface area (Å²) in [5.41, 5.74) is 0. The van der Waals surface area contributed by atoms with Gasteiger partial charge in [-0.15, -0.1) is 11.3 Å². The lowest BCUT2D eigenvalue weighted by atomic mass is 9.88. The number of aromatic nitrogens is 1. The molecule has 17 heavy (non-hydrogen) atoms. The molecular formula is C13H19ClN2S. The van der Waals surface area contributed by atoms with Crippen molar-refractivity contribution < 1.29 is 0 Å². The third-order valence-electron chi connectivity index (χ3n) is 4.38. The van der Waals surface area contributed by atoms with Crippen molar-refractivity contribution in [1.29, 1.82) is 0 Å². The Morgan fingerprint density at radius 1 is 1.47 bits per heavy atom. The molecule has 0 spiro atoms. The summed E-state index contributed by atoms with van der Waals surface area (Å²) in [5.74, 6) is 3.02. The zero-order valence-corrected chi connectivity index (χ0v) is 11.8. The summed E-state index contributed by atoms with van der Waals surface area (Å²) in [6, 6.07) is 0. The highest BCUT2D eigenvalue weighted by atomic mass is 35.5. The van der Waals surface area contributed by atoms with Crippen LogP contribution in [0.1, 0.15) is 30.6 Å². The van der Waals surface area contributed by atoms with Gasteiger partial charge in [0.05, 0.1) is 0 Å². The zero-order valence-electron chi connectivity index (χ0n) is 10.2. The number of fused-ring (bicyclic) bond motifs is 2. The van der Waals surface area contributed by atoms with Gasteiger partial charge in [-0.25, -0.2) is 4.98 Å². The Balaban J connectivity index is 1.52. The standard InChI is InChI=1S/C13H19ClN2S/c1-16(8-12-6-15-13(14)17-12)7-11-5-9-2-3-10(11)4-9/h6,9-11H,2-5,7-8H2,1H3. The van der Waals surface area contributed by atoms with Crippen LogP contribution in [0, 0.1) is 17.8 Å². The van der Waals surface area contributed by atoms with Gasteiger partial charge in [-0.3, -0.25) is 0 Å². The highest BCUT2D eigenvalue weighted by molar-refractivity contribution is 7.15. The van der Waals surface area contributed by atoms with E-state index in [1.807, 2.05) is 6.20 Å². The van der Waals surface area contributed by atoms with Gasteiger partial charge in [-0.05, 0) is 44.1 Å². The third-order valence-corrected chi connectivity index (χ3v) is 5.48. The van der Waals surface area contributed by atoms with Crippen LogP contribution in [0.15, 0.2) is 6.20 Å². The maximum Gasteiger partial charge on any atom is 0.183 e. The number of hydrogen-bond donors (Lipinski definition) is 0. The molecule has 4 heteroatoms. The van der Waals surface area contributed by atoms with E-state index in [9.17, 15) is 0 Å². The lowest BCUT2D eigenvalue weighted by molar-refractivity contribution is 0.215. The van der Waals surface area contributed by atoms with Gasteiger partial charge in [-0.1, -0.05) is 18.0 Å². The molecule has 1 heterocycles. The van der Waals surface area contributed by atoms with E-state index in [0.717, 1.165) is 24.3 Å². The fourth-order valence-electron chi connectivity index (χ4n) is 3.69. The van der Waals surface area contributed by atoms with Crippen LogP contribution in [0.3, 0.4) is 0 Å². The van der Waals surface area contributed by atoms with Gasteiger partial charge in [0, 0.05) is 24.2 Å². The molecule has 1 aromatic rings. The molecule has 2 aliphatic rings. The van der Waals surface area contributed by atoms with E-state index in [0.29, 0.717) is 4.47 Å². The van der Waals surface area contributed by atoms with Gasteiger partial charge in [0.15, 0.2) is 4.47 Å². The lowest BCUT2D eigenvalue weighted by Gasteiger charge is -2.26. The Morgan fingerprint density at radius 3 is 2.94 bits per heavy atom. The molecule has 0 aromatic carbocycles. The quantitative estimate of drug-likeness (QED) is 0.830. The van der Waals surface area contributed by atoms with Crippen molar-refractivity contribution >= 4 is 22.9 Å². The Bertz CT molecular complexity index is 393. The first-order valence-corrected chi connectivity index (χ1v) is 7.69. The Morgan fingerprint density at radius 2 is 2.35 bits per heavy atom. The molecule has 0 aliphatic heterocycles. The number of thiazole rings is 1. The Labute approximate surface area is 112 Å². The Kier molecular flexibility index (Phi) is 3.42. The molecule has 0 N–H and O–H groups in total. The van der Waals surface area contributed by atoms with Gasteiger partial charge in [0.2, 0.25) is 0 Å². The summed E-state index contributed by atoms with van der Waals surface area (Å²) in [5, 5.41) is 0. The topological polar surface area (TPSA) is 16.1 Å². The number of hydrogen-bond acceptors (Lipinski definition) is 3. The monoisotopic (exact) mass is 270 g/mol. The maximum absolute atomic E-state index is 5.85. The molecule has 2 fully saturated rings. The van der Waals surface area contributed by atoms with Crippen molar-refractivity contribution in [2.45, 2.75) is 32.2 Å². The first kappa shape index (κ1) is 11.9. The molecule has 2 nitrogen and oxygen atoms in total. The molecule has 3 rings (SSSR count). The lowest BCUT2D eigenvalue weighted by Crippen LogP contribution is -2.28. The molecule has 2 bridgehead atoms. The van der Waals surface area contributed by atoms with Crippen molar-refractivity contribution in [3.8, 4) is 0 Å². The predicted molar refractivity (Wildman–Crippen MR) is 72.4 cm³/mol. The highest BCUT2D eigenvalue weighted by Crippen LogP contribution is 2.48. The van der Waals surface area contributed by atoms with Crippen molar-refractivity contribution in [2.75, 3.05) is 13.6 Å². The van der Waals surface area contributed by atoms with Gasteiger partial charge in [0.1, 0.15) is 0 Å².